The minimum atomic E-state index is 0.0729. The van der Waals surface area contributed by atoms with E-state index in [0.717, 1.165) is 25.9 Å². The molecule has 9 heavy (non-hydrogen) atoms. The molecule has 0 aromatic heterocycles. The van der Waals surface area contributed by atoms with Crippen LogP contribution in [0.3, 0.4) is 0 Å². The van der Waals surface area contributed by atoms with E-state index in [-0.39, 0.29) is 6.04 Å². The first-order chi connectivity index (χ1) is 4.33. The second kappa shape index (κ2) is 3.13. The molecular weight excluding hydrogens is 119 g/mol. The van der Waals surface area contributed by atoms with E-state index in [1.165, 1.54) is 0 Å². The van der Waals surface area contributed by atoms with E-state index in [9.17, 15) is 4.48 Å². The zero-order chi connectivity index (χ0) is 6.69. The molecule has 0 aromatic carbocycles. The fraction of sp³-hybridized carbons (Fsp3) is 1.00. The van der Waals surface area contributed by atoms with Gasteiger partial charge in [0.15, 0.2) is 0 Å². The van der Waals surface area contributed by atoms with Crippen molar-refractivity contribution in [2.45, 2.75) is 18.9 Å². The van der Waals surface area contributed by atoms with E-state index in [1.54, 1.807) is 5.54 Å². The molecule has 1 saturated heterocycles. The largest absolute Gasteiger partial charge is 0.305 e. The Morgan fingerprint density at radius 3 is 2.89 bits per heavy atom. The summed E-state index contributed by atoms with van der Waals surface area (Å²) in [5.41, 5.74) is 1.79. The van der Waals surface area contributed by atoms with Crippen molar-refractivity contribution in [2.24, 2.45) is 0 Å². The van der Waals surface area contributed by atoms with E-state index < -0.39 is 0 Å². The molecule has 1 unspecified atom stereocenters. The first-order valence-electron chi connectivity index (χ1n) is 3.37. The maximum absolute atomic E-state index is 11.8. The monoisotopic (exact) mass is 132 g/mol. The normalized spacial score (nSPS) is 30.7. The molecule has 1 aliphatic rings. The molecule has 0 aromatic rings. The lowest BCUT2D eigenvalue weighted by Gasteiger charge is -2.27. The van der Waals surface area contributed by atoms with Crippen LogP contribution in [0.4, 0.5) is 4.48 Å². The van der Waals surface area contributed by atoms with Crippen LogP contribution in [0.1, 0.15) is 12.8 Å². The molecule has 54 valence electrons. The van der Waals surface area contributed by atoms with E-state index in [2.05, 4.69) is 4.90 Å². The van der Waals surface area contributed by atoms with Crippen molar-refractivity contribution < 1.29 is 4.48 Å². The number of likely N-dealkylation sites (N-methyl/N-ethyl adjacent to an activating group) is 1. The second-order valence-corrected chi connectivity index (χ2v) is 2.71. The van der Waals surface area contributed by atoms with Gasteiger partial charge >= 0.3 is 0 Å². The predicted molar refractivity (Wildman–Crippen MR) is 34.8 cm³/mol. The summed E-state index contributed by atoms with van der Waals surface area (Å²) in [5.74, 6) is 0. The molecule has 1 fully saturated rings. The van der Waals surface area contributed by atoms with Crippen molar-refractivity contribution >= 4 is 0 Å². The molecule has 1 N–H and O–H groups in total. The van der Waals surface area contributed by atoms with Crippen LogP contribution in [0.15, 0.2) is 0 Å². The van der Waals surface area contributed by atoms with Crippen LogP contribution < -0.4 is 5.54 Å². The van der Waals surface area contributed by atoms with Crippen LogP contribution in [-0.2, 0) is 0 Å². The number of likely N-dealkylation sites (tertiary alicyclic amines) is 1. The number of hydrogen-bond acceptors (Lipinski definition) is 2. The zero-order valence-electron chi connectivity index (χ0n) is 5.73. The third kappa shape index (κ3) is 1.91. The minimum absolute atomic E-state index is 0.0729. The van der Waals surface area contributed by atoms with Crippen LogP contribution in [0.2, 0.25) is 0 Å². The topological polar surface area (TPSA) is 15.3 Å². The summed E-state index contributed by atoms with van der Waals surface area (Å²) in [6, 6.07) is 0.0729. The van der Waals surface area contributed by atoms with Crippen molar-refractivity contribution in [1.82, 2.24) is 10.4 Å². The van der Waals surface area contributed by atoms with Crippen LogP contribution in [0.25, 0.3) is 0 Å². The molecule has 3 heteroatoms. The minimum Gasteiger partial charge on any atom is -0.305 e. The van der Waals surface area contributed by atoms with Crippen LogP contribution in [-0.4, -0.2) is 31.1 Å². The second-order valence-electron chi connectivity index (χ2n) is 2.71. The molecule has 0 amide bonds. The molecule has 1 rings (SSSR count). The highest BCUT2D eigenvalue weighted by Gasteiger charge is 2.15. The van der Waals surface area contributed by atoms with Gasteiger partial charge in [0.1, 0.15) is 0 Å². The predicted octanol–water partition coefficient (Wildman–Crippen LogP) is 0.555. The summed E-state index contributed by atoms with van der Waals surface area (Å²) in [6.07, 6.45) is 2.08. The Balaban J connectivity index is 2.23. The lowest BCUT2D eigenvalue weighted by atomic mass is 10.1. The lowest BCUT2D eigenvalue weighted by Crippen LogP contribution is -2.40. The number of nitrogens with zero attached hydrogens (tertiary/aromatic N) is 1. The zero-order valence-corrected chi connectivity index (χ0v) is 5.73. The van der Waals surface area contributed by atoms with Gasteiger partial charge in [-0.2, -0.15) is 5.54 Å². The van der Waals surface area contributed by atoms with Crippen LogP contribution >= 0.6 is 0 Å². The summed E-state index contributed by atoms with van der Waals surface area (Å²) in [4.78, 5) is 2.14. The van der Waals surface area contributed by atoms with Gasteiger partial charge < -0.3 is 4.90 Å². The highest BCUT2D eigenvalue weighted by molar-refractivity contribution is 4.72. The van der Waals surface area contributed by atoms with Crippen molar-refractivity contribution in [1.29, 1.82) is 0 Å². The average Bonchev–Trinajstić information content (AvgIpc) is 1.88. The van der Waals surface area contributed by atoms with E-state index >= 15 is 0 Å². The summed E-state index contributed by atoms with van der Waals surface area (Å²) in [5, 5.41) is 0. The first kappa shape index (κ1) is 6.96. The van der Waals surface area contributed by atoms with Crippen molar-refractivity contribution in [3.05, 3.63) is 0 Å². The number of hydrogen-bond donors (Lipinski definition) is 1. The Labute approximate surface area is 55.0 Å². The summed E-state index contributed by atoms with van der Waals surface area (Å²) >= 11 is 0. The Hall–Kier alpha value is -0.150. The molecule has 0 aliphatic carbocycles. The number of rotatable bonds is 1. The fourth-order valence-corrected chi connectivity index (χ4v) is 1.26. The van der Waals surface area contributed by atoms with Gasteiger partial charge in [-0.3, -0.25) is 0 Å². The molecule has 1 aliphatic heterocycles. The third-order valence-electron chi connectivity index (χ3n) is 1.78. The molecule has 0 radical (unpaired) electrons. The summed E-state index contributed by atoms with van der Waals surface area (Å²) in [6.45, 7) is 1.95. The summed E-state index contributed by atoms with van der Waals surface area (Å²) < 4.78 is 11.8. The number of nitrogens with one attached hydrogen (secondary N) is 1. The van der Waals surface area contributed by atoms with Crippen LogP contribution in [0.5, 0.6) is 0 Å². The maximum Gasteiger partial charge on any atom is 0.0499 e. The Morgan fingerprint density at radius 1 is 1.67 bits per heavy atom. The van der Waals surface area contributed by atoms with Gasteiger partial charge in [0.2, 0.25) is 0 Å². The van der Waals surface area contributed by atoms with Gasteiger partial charge in [0.25, 0.3) is 0 Å². The first-order valence-corrected chi connectivity index (χ1v) is 3.37. The van der Waals surface area contributed by atoms with Gasteiger partial charge in [-0.25, -0.2) is 0 Å². The lowest BCUT2D eigenvalue weighted by molar-refractivity contribution is 0.164. The van der Waals surface area contributed by atoms with Gasteiger partial charge in [-0.1, -0.05) is 0 Å². The van der Waals surface area contributed by atoms with E-state index in [0.29, 0.717) is 0 Å². The molecule has 1 atom stereocenters. The maximum atomic E-state index is 11.8. The van der Waals surface area contributed by atoms with Gasteiger partial charge in [-0.05, 0) is 26.4 Å². The SMILES string of the molecule is CN1CCCC(NF)C1. The number of halogens is 1. The quantitative estimate of drug-likeness (QED) is 0.524. The van der Waals surface area contributed by atoms with Gasteiger partial charge in [0, 0.05) is 12.6 Å². The van der Waals surface area contributed by atoms with Crippen molar-refractivity contribution in [3.8, 4) is 0 Å². The molecule has 2 nitrogen and oxygen atoms in total. The highest BCUT2D eigenvalue weighted by atomic mass is 19.2. The number of piperidine rings is 1. The Kier molecular flexibility index (Phi) is 2.42. The fourth-order valence-electron chi connectivity index (χ4n) is 1.26. The standard InChI is InChI=1S/C6H13FN2/c1-9-4-2-3-6(5-9)8-7/h6,8H,2-5H2,1H3. The van der Waals surface area contributed by atoms with Gasteiger partial charge in [-0.15, -0.1) is 4.48 Å². The van der Waals surface area contributed by atoms with E-state index in [4.69, 9.17) is 0 Å². The molecular formula is C6H13FN2. The molecule has 0 saturated carbocycles. The van der Waals surface area contributed by atoms with Crippen LogP contribution in [0, 0.1) is 0 Å². The summed E-state index contributed by atoms with van der Waals surface area (Å²) in [7, 11) is 2.02. The molecule has 0 spiro atoms. The van der Waals surface area contributed by atoms with Gasteiger partial charge in [0.05, 0.1) is 0 Å². The third-order valence-corrected chi connectivity index (χ3v) is 1.78. The smallest absolute Gasteiger partial charge is 0.0499 e. The average molecular weight is 132 g/mol. The molecule has 1 heterocycles. The highest BCUT2D eigenvalue weighted by Crippen LogP contribution is 2.06. The van der Waals surface area contributed by atoms with Crippen molar-refractivity contribution in [3.63, 3.8) is 0 Å². The van der Waals surface area contributed by atoms with Crippen molar-refractivity contribution in [2.75, 3.05) is 20.1 Å². The Morgan fingerprint density at radius 2 is 2.44 bits per heavy atom. The Bertz CT molecular complexity index is 87.1. The van der Waals surface area contributed by atoms with E-state index in [1.807, 2.05) is 7.05 Å². The molecule has 0 bridgehead atoms.